The molecule has 2 rings (SSSR count). The van der Waals surface area contributed by atoms with Crippen LogP contribution in [0.5, 0.6) is 17.2 Å². The first-order valence-electron chi connectivity index (χ1n) is 7.46. The average molecular weight is 294 g/mol. The molecule has 1 N–H and O–H groups in total. The van der Waals surface area contributed by atoms with E-state index in [0.29, 0.717) is 11.5 Å². The topological polar surface area (TPSA) is 43.0 Å². The van der Waals surface area contributed by atoms with Crippen LogP contribution in [0, 0.1) is 0 Å². The molecule has 21 heavy (non-hydrogen) atoms. The molecule has 1 aliphatic rings. The number of rotatable bonds is 5. The van der Waals surface area contributed by atoms with Crippen LogP contribution in [0.4, 0.5) is 0 Å². The lowest BCUT2D eigenvalue weighted by Crippen LogP contribution is -2.31. The van der Waals surface area contributed by atoms with Gasteiger partial charge in [-0.15, -0.1) is 0 Å². The van der Waals surface area contributed by atoms with Crippen LogP contribution >= 0.6 is 0 Å². The van der Waals surface area contributed by atoms with Crippen molar-refractivity contribution in [3.63, 3.8) is 0 Å². The fourth-order valence-electron chi connectivity index (χ4n) is 2.90. The fraction of sp³-hybridized carbons (Fsp3) is 0.625. The van der Waals surface area contributed by atoms with E-state index in [4.69, 9.17) is 14.2 Å². The van der Waals surface area contributed by atoms with E-state index in [-0.39, 0.29) is 6.04 Å². The number of hydrogen-bond donors (Lipinski definition) is 1. The molecule has 1 fully saturated rings. The third kappa shape index (κ3) is 3.41. The summed E-state index contributed by atoms with van der Waals surface area (Å²) in [6.45, 7) is 6.46. The van der Waals surface area contributed by atoms with Crippen LogP contribution in [0.2, 0.25) is 0 Å². The van der Waals surface area contributed by atoms with Crippen molar-refractivity contribution in [2.24, 2.45) is 0 Å². The van der Waals surface area contributed by atoms with Crippen LogP contribution in [-0.4, -0.2) is 52.4 Å². The van der Waals surface area contributed by atoms with E-state index < -0.39 is 0 Å². The van der Waals surface area contributed by atoms with Crippen molar-refractivity contribution in [2.75, 3.05) is 47.5 Å². The van der Waals surface area contributed by atoms with E-state index in [1.165, 1.54) is 6.42 Å². The maximum atomic E-state index is 5.61. The molecular weight excluding hydrogens is 268 g/mol. The number of nitrogens with one attached hydrogen (secondary N) is 1. The van der Waals surface area contributed by atoms with Crippen molar-refractivity contribution in [2.45, 2.75) is 19.4 Å². The van der Waals surface area contributed by atoms with Gasteiger partial charge in [0.2, 0.25) is 5.75 Å². The van der Waals surface area contributed by atoms with E-state index in [1.54, 1.807) is 21.3 Å². The van der Waals surface area contributed by atoms with Crippen molar-refractivity contribution in [1.82, 2.24) is 10.2 Å². The molecule has 0 spiro atoms. The summed E-state index contributed by atoms with van der Waals surface area (Å²) in [5.74, 6) is 2.13. The van der Waals surface area contributed by atoms with Gasteiger partial charge < -0.3 is 19.5 Å². The summed E-state index contributed by atoms with van der Waals surface area (Å²) in [6, 6.07) is 4.30. The summed E-state index contributed by atoms with van der Waals surface area (Å²) < 4.78 is 16.4. The van der Waals surface area contributed by atoms with E-state index in [9.17, 15) is 0 Å². The predicted octanol–water partition coefficient (Wildman–Crippen LogP) is 2.07. The van der Waals surface area contributed by atoms with Crippen molar-refractivity contribution < 1.29 is 14.2 Å². The molecule has 118 valence electrons. The highest BCUT2D eigenvalue weighted by Gasteiger charge is 2.24. The summed E-state index contributed by atoms with van der Waals surface area (Å²) in [5.41, 5.74) is 1.14. The summed E-state index contributed by atoms with van der Waals surface area (Å²) in [5, 5.41) is 3.44. The average Bonchev–Trinajstić information content (AvgIpc) is 2.81. The van der Waals surface area contributed by atoms with Crippen LogP contribution in [-0.2, 0) is 0 Å². The molecule has 0 bridgehead atoms. The third-order valence-corrected chi connectivity index (χ3v) is 4.11. The van der Waals surface area contributed by atoms with Crippen LogP contribution in [0.15, 0.2) is 12.1 Å². The van der Waals surface area contributed by atoms with E-state index in [0.717, 1.165) is 37.5 Å². The Labute approximate surface area is 127 Å². The number of hydrogen-bond acceptors (Lipinski definition) is 5. The normalized spacial score (nSPS) is 17.9. The SMILES string of the molecule is COc1ccc(C(C)N2CCCNCC2)c(OC)c1OC. The van der Waals surface area contributed by atoms with Crippen LogP contribution in [0.1, 0.15) is 24.9 Å². The molecule has 1 aromatic carbocycles. The molecule has 0 aromatic heterocycles. The standard InChI is InChI=1S/C16H26N2O3/c1-12(18-10-5-8-17-9-11-18)13-6-7-14(19-2)16(21-4)15(13)20-3/h6-7,12,17H,5,8-11H2,1-4H3. The third-order valence-electron chi connectivity index (χ3n) is 4.11. The maximum Gasteiger partial charge on any atom is 0.203 e. The highest BCUT2D eigenvalue weighted by Crippen LogP contribution is 2.43. The summed E-state index contributed by atoms with van der Waals surface area (Å²) in [6.07, 6.45) is 1.17. The zero-order valence-corrected chi connectivity index (χ0v) is 13.4. The smallest absolute Gasteiger partial charge is 0.203 e. The maximum absolute atomic E-state index is 5.61. The Bertz CT molecular complexity index is 457. The molecule has 1 aliphatic heterocycles. The molecule has 1 atom stereocenters. The highest BCUT2D eigenvalue weighted by molar-refractivity contribution is 5.56. The predicted molar refractivity (Wildman–Crippen MR) is 83.6 cm³/mol. The summed E-state index contributed by atoms with van der Waals surface area (Å²) in [4.78, 5) is 2.48. The van der Waals surface area contributed by atoms with Crippen molar-refractivity contribution in [3.8, 4) is 17.2 Å². The minimum atomic E-state index is 0.277. The summed E-state index contributed by atoms with van der Waals surface area (Å²) >= 11 is 0. The van der Waals surface area contributed by atoms with E-state index >= 15 is 0 Å². The molecule has 0 saturated carbocycles. The molecule has 0 radical (unpaired) electrons. The fourth-order valence-corrected chi connectivity index (χ4v) is 2.90. The van der Waals surface area contributed by atoms with Crippen molar-refractivity contribution in [3.05, 3.63) is 17.7 Å². The lowest BCUT2D eigenvalue weighted by atomic mass is 10.0. The van der Waals surface area contributed by atoms with E-state index in [1.807, 2.05) is 6.07 Å². The number of methoxy groups -OCH3 is 3. The van der Waals surface area contributed by atoms with Crippen molar-refractivity contribution >= 4 is 0 Å². The van der Waals surface area contributed by atoms with Gasteiger partial charge in [-0.1, -0.05) is 0 Å². The van der Waals surface area contributed by atoms with Gasteiger partial charge in [0.05, 0.1) is 21.3 Å². The highest BCUT2D eigenvalue weighted by atomic mass is 16.5. The first-order valence-corrected chi connectivity index (χ1v) is 7.46. The Hall–Kier alpha value is -1.46. The van der Waals surface area contributed by atoms with Gasteiger partial charge in [-0.25, -0.2) is 0 Å². The molecule has 1 aromatic rings. The first kappa shape index (κ1) is 15.9. The molecular formula is C16H26N2O3. The van der Waals surface area contributed by atoms with Crippen LogP contribution < -0.4 is 19.5 Å². The second kappa shape index (κ2) is 7.52. The second-order valence-corrected chi connectivity index (χ2v) is 5.24. The lowest BCUT2D eigenvalue weighted by molar-refractivity contribution is 0.218. The Kier molecular flexibility index (Phi) is 5.70. The molecule has 1 heterocycles. The Balaban J connectivity index is 2.33. The zero-order valence-electron chi connectivity index (χ0n) is 13.4. The Morgan fingerprint density at radius 3 is 2.43 bits per heavy atom. The second-order valence-electron chi connectivity index (χ2n) is 5.24. The Morgan fingerprint density at radius 2 is 1.76 bits per heavy atom. The minimum absolute atomic E-state index is 0.277. The molecule has 1 saturated heterocycles. The molecule has 5 heteroatoms. The largest absolute Gasteiger partial charge is 0.493 e. The van der Waals surface area contributed by atoms with Gasteiger partial charge in [-0.2, -0.15) is 0 Å². The van der Waals surface area contributed by atoms with Crippen molar-refractivity contribution in [1.29, 1.82) is 0 Å². The quantitative estimate of drug-likeness (QED) is 0.900. The lowest BCUT2D eigenvalue weighted by Gasteiger charge is -2.29. The minimum Gasteiger partial charge on any atom is -0.493 e. The Morgan fingerprint density at radius 1 is 1.00 bits per heavy atom. The van der Waals surface area contributed by atoms with Gasteiger partial charge in [0.25, 0.3) is 0 Å². The van der Waals surface area contributed by atoms with Gasteiger partial charge in [0.1, 0.15) is 0 Å². The number of ether oxygens (including phenoxy) is 3. The van der Waals surface area contributed by atoms with Gasteiger partial charge >= 0.3 is 0 Å². The molecule has 1 unspecified atom stereocenters. The van der Waals surface area contributed by atoms with Gasteiger partial charge in [-0.3, -0.25) is 4.90 Å². The first-order chi connectivity index (χ1) is 10.2. The molecule has 0 amide bonds. The van der Waals surface area contributed by atoms with E-state index in [2.05, 4.69) is 23.2 Å². The number of benzene rings is 1. The van der Waals surface area contributed by atoms with Gasteiger partial charge in [0.15, 0.2) is 11.5 Å². The van der Waals surface area contributed by atoms with Crippen LogP contribution in [0.25, 0.3) is 0 Å². The zero-order chi connectivity index (χ0) is 15.2. The molecule has 5 nitrogen and oxygen atoms in total. The van der Waals surface area contributed by atoms with Gasteiger partial charge in [-0.05, 0) is 38.6 Å². The van der Waals surface area contributed by atoms with Crippen LogP contribution in [0.3, 0.4) is 0 Å². The van der Waals surface area contributed by atoms with Gasteiger partial charge in [0, 0.05) is 24.7 Å². The summed E-state index contributed by atoms with van der Waals surface area (Å²) in [7, 11) is 4.96. The molecule has 0 aliphatic carbocycles. The monoisotopic (exact) mass is 294 g/mol. The number of nitrogens with zero attached hydrogens (tertiary/aromatic N) is 1.